The molecule has 5 heteroatoms. The van der Waals surface area contributed by atoms with E-state index in [-0.39, 0.29) is 11.3 Å². The van der Waals surface area contributed by atoms with Gasteiger partial charge in [0.25, 0.3) is 0 Å². The molecule has 0 fully saturated rings. The molecule has 0 aliphatic carbocycles. The summed E-state index contributed by atoms with van der Waals surface area (Å²) in [5, 5.41) is 22.6. The van der Waals surface area contributed by atoms with E-state index in [4.69, 9.17) is 10.5 Å². The third-order valence-corrected chi connectivity index (χ3v) is 2.16. The maximum absolute atomic E-state index is 11.3. The number of urea groups is 1. The van der Waals surface area contributed by atoms with Crippen molar-refractivity contribution < 1.29 is 4.79 Å². The van der Waals surface area contributed by atoms with E-state index in [0.717, 1.165) is 0 Å². The van der Waals surface area contributed by atoms with Crippen molar-refractivity contribution >= 4 is 17.4 Å². The quantitative estimate of drug-likeness (QED) is 0.637. The van der Waals surface area contributed by atoms with Crippen LogP contribution in [0.25, 0.3) is 5.70 Å². The molecule has 0 aromatic heterocycles. The number of hydrogen-bond donors (Lipinski definition) is 2. The van der Waals surface area contributed by atoms with Crippen LogP contribution in [0.4, 0.5) is 10.5 Å². The van der Waals surface area contributed by atoms with Crippen molar-refractivity contribution in [3.63, 3.8) is 0 Å². The molecule has 0 saturated carbocycles. The normalized spacial score (nSPS) is 12.6. The third-order valence-electron chi connectivity index (χ3n) is 2.16. The molecular formula is C11H6N4O. The number of nitrogens with one attached hydrogen (secondary N) is 2. The second kappa shape index (κ2) is 3.76. The molecule has 2 amide bonds. The monoisotopic (exact) mass is 210 g/mol. The summed E-state index contributed by atoms with van der Waals surface area (Å²) in [4.78, 5) is 11.3. The molecular weight excluding hydrogens is 204 g/mol. The topological polar surface area (TPSA) is 88.7 Å². The number of amides is 2. The molecule has 0 unspecified atom stereocenters. The van der Waals surface area contributed by atoms with Gasteiger partial charge in [-0.3, -0.25) is 0 Å². The number of nitrogens with zero attached hydrogens (tertiary/aromatic N) is 2. The molecule has 0 saturated heterocycles. The second-order valence-electron chi connectivity index (χ2n) is 3.10. The summed E-state index contributed by atoms with van der Waals surface area (Å²) in [5.41, 5.74) is 1.37. The number of carbonyl (C=O) groups is 1. The van der Waals surface area contributed by atoms with Gasteiger partial charge in [-0.15, -0.1) is 0 Å². The maximum Gasteiger partial charge on any atom is 0.323 e. The zero-order valence-corrected chi connectivity index (χ0v) is 8.11. The van der Waals surface area contributed by atoms with Gasteiger partial charge < -0.3 is 10.6 Å². The molecule has 2 rings (SSSR count). The van der Waals surface area contributed by atoms with Crippen LogP contribution in [0.1, 0.15) is 5.56 Å². The summed E-state index contributed by atoms with van der Waals surface area (Å²) in [6.07, 6.45) is 0. The van der Waals surface area contributed by atoms with Crippen molar-refractivity contribution in [1.82, 2.24) is 5.32 Å². The van der Waals surface area contributed by atoms with Crippen LogP contribution in [0.15, 0.2) is 29.8 Å². The smallest absolute Gasteiger partial charge is 0.307 e. The van der Waals surface area contributed by atoms with Crippen molar-refractivity contribution in [3.8, 4) is 12.1 Å². The first kappa shape index (κ1) is 9.75. The average Bonchev–Trinajstić information content (AvgIpc) is 2.30. The van der Waals surface area contributed by atoms with E-state index >= 15 is 0 Å². The van der Waals surface area contributed by atoms with Gasteiger partial charge in [0, 0.05) is 5.56 Å². The molecule has 0 bridgehead atoms. The van der Waals surface area contributed by atoms with E-state index in [9.17, 15) is 4.79 Å². The van der Waals surface area contributed by atoms with E-state index < -0.39 is 6.03 Å². The van der Waals surface area contributed by atoms with Crippen molar-refractivity contribution in [2.75, 3.05) is 5.32 Å². The number of nitriles is 2. The summed E-state index contributed by atoms with van der Waals surface area (Å²) < 4.78 is 0. The number of anilines is 1. The molecule has 16 heavy (non-hydrogen) atoms. The Balaban J connectivity index is 2.68. The number of carbonyl (C=O) groups excluding carboxylic acids is 1. The van der Waals surface area contributed by atoms with Gasteiger partial charge in [-0.25, -0.2) is 4.79 Å². The summed E-state index contributed by atoms with van der Waals surface area (Å²) in [6, 6.07) is 10.0. The Hall–Kier alpha value is -2.79. The second-order valence-corrected chi connectivity index (χ2v) is 3.10. The number of allylic oxidation sites excluding steroid dienone is 1. The van der Waals surface area contributed by atoms with E-state index in [1.54, 1.807) is 36.4 Å². The lowest BCUT2D eigenvalue weighted by Gasteiger charge is -2.20. The predicted molar refractivity (Wildman–Crippen MR) is 56.7 cm³/mol. The zero-order chi connectivity index (χ0) is 11.5. The Kier molecular flexibility index (Phi) is 2.29. The first-order valence-corrected chi connectivity index (χ1v) is 4.48. The molecule has 1 aromatic rings. The molecule has 1 aliphatic rings. The third kappa shape index (κ3) is 1.47. The predicted octanol–water partition coefficient (Wildman–Crippen LogP) is 1.58. The molecule has 1 heterocycles. The lowest BCUT2D eigenvalue weighted by Crippen LogP contribution is -2.33. The molecule has 2 N–H and O–H groups in total. The van der Waals surface area contributed by atoms with Crippen molar-refractivity contribution in [2.24, 2.45) is 0 Å². The number of fused-ring (bicyclic) bond motifs is 1. The summed E-state index contributed by atoms with van der Waals surface area (Å²) in [5.74, 6) is 0. The van der Waals surface area contributed by atoms with Gasteiger partial charge in [-0.1, -0.05) is 18.2 Å². The fourth-order valence-electron chi connectivity index (χ4n) is 1.48. The highest BCUT2D eigenvalue weighted by Crippen LogP contribution is 2.27. The Morgan fingerprint density at radius 3 is 2.50 bits per heavy atom. The van der Waals surface area contributed by atoms with Crippen LogP contribution in [-0.4, -0.2) is 6.03 Å². The minimum atomic E-state index is -0.447. The van der Waals surface area contributed by atoms with E-state index in [2.05, 4.69) is 10.6 Å². The fourth-order valence-corrected chi connectivity index (χ4v) is 1.48. The molecule has 5 nitrogen and oxygen atoms in total. The highest BCUT2D eigenvalue weighted by atomic mass is 16.2. The molecule has 0 spiro atoms. The Bertz CT molecular complexity index is 558. The van der Waals surface area contributed by atoms with Gasteiger partial charge in [0.15, 0.2) is 5.57 Å². The van der Waals surface area contributed by atoms with Gasteiger partial charge in [0.1, 0.15) is 12.1 Å². The van der Waals surface area contributed by atoms with Gasteiger partial charge in [-0.05, 0) is 6.07 Å². The lowest BCUT2D eigenvalue weighted by molar-refractivity contribution is 0.255. The van der Waals surface area contributed by atoms with E-state index in [1.807, 2.05) is 0 Å². The average molecular weight is 210 g/mol. The Morgan fingerprint density at radius 1 is 1.12 bits per heavy atom. The van der Waals surface area contributed by atoms with Gasteiger partial charge in [0.2, 0.25) is 0 Å². The zero-order valence-electron chi connectivity index (χ0n) is 8.11. The highest BCUT2D eigenvalue weighted by Gasteiger charge is 2.21. The summed E-state index contributed by atoms with van der Waals surface area (Å²) in [6.45, 7) is 0. The number of rotatable bonds is 0. The Morgan fingerprint density at radius 2 is 1.81 bits per heavy atom. The maximum atomic E-state index is 11.3. The largest absolute Gasteiger partial charge is 0.323 e. The summed E-state index contributed by atoms with van der Waals surface area (Å²) in [7, 11) is 0. The van der Waals surface area contributed by atoms with Crippen LogP contribution in [-0.2, 0) is 0 Å². The molecule has 76 valence electrons. The van der Waals surface area contributed by atoms with Crippen LogP contribution in [0.2, 0.25) is 0 Å². The number of benzene rings is 1. The van der Waals surface area contributed by atoms with Crippen LogP contribution in [0.5, 0.6) is 0 Å². The van der Waals surface area contributed by atoms with Crippen LogP contribution in [0, 0.1) is 22.7 Å². The lowest BCUT2D eigenvalue weighted by atomic mass is 10.0. The van der Waals surface area contributed by atoms with Crippen LogP contribution < -0.4 is 10.6 Å². The van der Waals surface area contributed by atoms with E-state index in [0.29, 0.717) is 11.3 Å². The summed E-state index contributed by atoms with van der Waals surface area (Å²) >= 11 is 0. The van der Waals surface area contributed by atoms with Crippen molar-refractivity contribution in [3.05, 3.63) is 35.4 Å². The SMILES string of the molecule is N#CC(C#N)=C1NC(=O)Nc2ccccc21. The van der Waals surface area contributed by atoms with Crippen LogP contribution in [0.3, 0.4) is 0 Å². The Labute approximate surface area is 91.6 Å². The fraction of sp³-hybridized carbons (Fsp3) is 0. The number of hydrogen-bond acceptors (Lipinski definition) is 3. The minimum absolute atomic E-state index is 0.109. The molecule has 1 aromatic carbocycles. The highest BCUT2D eigenvalue weighted by molar-refractivity contribution is 6.04. The van der Waals surface area contributed by atoms with Crippen LogP contribution >= 0.6 is 0 Å². The number of para-hydroxylation sites is 1. The first-order valence-electron chi connectivity index (χ1n) is 4.48. The first-order chi connectivity index (χ1) is 7.76. The van der Waals surface area contributed by atoms with Gasteiger partial charge in [0.05, 0.1) is 11.4 Å². The van der Waals surface area contributed by atoms with Crippen molar-refractivity contribution in [2.45, 2.75) is 0 Å². The standard InChI is InChI=1S/C11H6N4O/c12-5-7(6-13)10-8-3-1-2-4-9(8)14-11(16)15-10/h1-4H,(H2,14,15,16). The van der Waals surface area contributed by atoms with E-state index in [1.165, 1.54) is 0 Å². The molecule has 0 radical (unpaired) electrons. The minimum Gasteiger partial charge on any atom is -0.307 e. The molecule has 0 atom stereocenters. The molecule has 1 aliphatic heterocycles. The van der Waals surface area contributed by atoms with Gasteiger partial charge in [-0.2, -0.15) is 10.5 Å². The van der Waals surface area contributed by atoms with Gasteiger partial charge >= 0.3 is 6.03 Å². The van der Waals surface area contributed by atoms with Crippen molar-refractivity contribution in [1.29, 1.82) is 10.5 Å².